The van der Waals surface area contributed by atoms with E-state index >= 15 is 0 Å². The van der Waals surface area contributed by atoms with Crippen LogP contribution in [0.5, 0.6) is 0 Å². The number of fused-ring (bicyclic) bond motifs is 1. The van der Waals surface area contributed by atoms with Crippen LogP contribution in [0.15, 0.2) is 54.6 Å². The van der Waals surface area contributed by atoms with Gasteiger partial charge in [-0.3, -0.25) is 0 Å². The molecule has 0 saturated carbocycles. The minimum Gasteiger partial charge on any atom is -0.387 e. The van der Waals surface area contributed by atoms with Crippen molar-refractivity contribution >= 4 is 10.9 Å². The molecule has 3 nitrogen and oxygen atoms in total. The zero-order valence-electron chi connectivity index (χ0n) is 15.5. The van der Waals surface area contributed by atoms with Gasteiger partial charge in [-0.2, -0.15) is 0 Å². The van der Waals surface area contributed by atoms with Crippen LogP contribution in [0.25, 0.3) is 10.9 Å². The molecule has 1 fully saturated rings. The van der Waals surface area contributed by atoms with Gasteiger partial charge in [0, 0.05) is 28.7 Å². The van der Waals surface area contributed by atoms with Crippen molar-refractivity contribution in [3.8, 4) is 0 Å². The minimum atomic E-state index is -0.433. The van der Waals surface area contributed by atoms with E-state index in [1.54, 1.807) is 0 Å². The molecule has 0 aliphatic carbocycles. The van der Waals surface area contributed by atoms with Gasteiger partial charge in [-0.25, -0.2) is 0 Å². The summed E-state index contributed by atoms with van der Waals surface area (Å²) in [5, 5.41) is 12.0. The molecule has 26 heavy (non-hydrogen) atoms. The van der Waals surface area contributed by atoms with E-state index in [1.807, 2.05) is 12.1 Å². The molecule has 136 valence electrons. The van der Waals surface area contributed by atoms with Crippen molar-refractivity contribution in [3.63, 3.8) is 0 Å². The lowest BCUT2D eigenvalue weighted by Crippen LogP contribution is -2.37. The Balaban J connectivity index is 1.36. The largest absolute Gasteiger partial charge is 0.387 e. The van der Waals surface area contributed by atoms with Gasteiger partial charge in [-0.1, -0.05) is 48.5 Å². The van der Waals surface area contributed by atoms with Crippen molar-refractivity contribution in [1.82, 2.24) is 9.88 Å². The first-order valence-electron chi connectivity index (χ1n) is 9.72. The van der Waals surface area contributed by atoms with E-state index < -0.39 is 6.10 Å². The summed E-state index contributed by atoms with van der Waals surface area (Å²) in [5.41, 5.74) is 4.70. The number of hydrogen-bond donors (Lipinski definition) is 2. The molecule has 2 heterocycles. The van der Waals surface area contributed by atoms with Crippen LogP contribution in [0.2, 0.25) is 0 Å². The van der Waals surface area contributed by atoms with Crippen LogP contribution < -0.4 is 0 Å². The Morgan fingerprint density at radius 1 is 1.04 bits per heavy atom. The highest BCUT2D eigenvalue weighted by Crippen LogP contribution is 2.29. The Hall–Kier alpha value is -2.10. The van der Waals surface area contributed by atoms with E-state index in [4.69, 9.17) is 0 Å². The smallest absolute Gasteiger partial charge is 0.0940 e. The van der Waals surface area contributed by atoms with Crippen LogP contribution in [0.1, 0.15) is 35.8 Å². The van der Waals surface area contributed by atoms with Gasteiger partial charge in [-0.15, -0.1) is 0 Å². The Morgan fingerprint density at radius 2 is 1.73 bits per heavy atom. The summed E-state index contributed by atoms with van der Waals surface area (Å²) < 4.78 is 0. The Morgan fingerprint density at radius 3 is 2.50 bits per heavy atom. The van der Waals surface area contributed by atoms with Crippen LogP contribution in [0, 0.1) is 12.8 Å². The Kier molecular flexibility index (Phi) is 5.09. The molecule has 1 aliphatic rings. The van der Waals surface area contributed by atoms with Gasteiger partial charge in [0.05, 0.1) is 6.10 Å². The fourth-order valence-corrected chi connectivity index (χ4v) is 4.38. The molecule has 1 aromatic heterocycles. The van der Waals surface area contributed by atoms with E-state index in [1.165, 1.54) is 24.8 Å². The van der Waals surface area contributed by atoms with E-state index in [0.717, 1.165) is 47.7 Å². The molecule has 0 bridgehead atoms. The number of para-hydroxylation sites is 1. The van der Waals surface area contributed by atoms with Crippen LogP contribution in [-0.4, -0.2) is 34.6 Å². The van der Waals surface area contributed by atoms with Gasteiger partial charge in [0.1, 0.15) is 0 Å². The zero-order valence-corrected chi connectivity index (χ0v) is 15.5. The van der Waals surface area contributed by atoms with E-state index in [2.05, 4.69) is 59.3 Å². The highest BCUT2D eigenvalue weighted by molar-refractivity contribution is 5.84. The molecule has 0 spiro atoms. The number of hydrogen-bond acceptors (Lipinski definition) is 2. The van der Waals surface area contributed by atoms with Gasteiger partial charge in [0.25, 0.3) is 0 Å². The van der Waals surface area contributed by atoms with Gasteiger partial charge < -0.3 is 15.0 Å². The number of nitrogens with zero attached hydrogens (tertiary/aromatic N) is 1. The van der Waals surface area contributed by atoms with Gasteiger partial charge >= 0.3 is 0 Å². The average molecular weight is 348 g/mol. The molecule has 0 amide bonds. The number of rotatable bonds is 5. The standard InChI is InChI=1S/C23H28N2O/c1-17-23(20-9-5-6-10-21(20)24-17)22(26)16-25-13-11-19(12-14-25)15-18-7-3-2-4-8-18/h2-10,19,22,24,26H,11-16H2,1H3/t22-/m1/s1. The predicted molar refractivity (Wildman–Crippen MR) is 107 cm³/mol. The summed E-state index contributed by atoms with van der Waals surface area (Å²) in [6.45, 7) is 4.94. The number of aromatic nitrogens is 1. The number of aryl methyl sites for hydroxylation is 1. The molecule has 2 aromatic carbocycles. The monoisotopic (exact) mass is 348 g/mol. The Labute approximate surface area is 155 Å². The Bertz CT molecular complexity index is 847. The lowest BCUT2D eigenvalue weighted by molar-refractivity contribution is 0.0898. The highest BCUT2D eigenvalue weighted by atomic mass is 16.3. The van der Waals surface area contributed by atoms with E-state index in [0.29, 0.717) is 0 Å². The molecule has 1 saturated heterocycles. The molecule has 4 rings (SSSR count). The highest BCUT2D eigenvalue weighted by Gasteiger charge is 2.24. The van der Waals surface area contributed by atoms with E-state index in [9.17, 15) is 5.11 Å². The van der Waals surface area contributed by atoms with Gasteiger partial charge in [-0.05, 0) is 56.8 Å². The third-order valence-corrected chi connectivity index (χ3v) is 5.78. The molecular formula is C23H28N2O. The van der Waals surface area contributed by atoms with Gasteiger partial charge in [0.15, 0.2) is 0 Å². The van der Waals surface area contributed by atoms with Crippen LogP contribution in [0.4, 0.5) is 0 Å². The predicted octanol–water partition coefficient (Wildman–Crippen LogP) is 4.46. The fourth-order valence-electron chi connectivity index (χ4n) is 4.38. The third-order valence-electron chi connectivity index (χ3n) is 5.78. The fraction of sp³-hybridized carbons (Fsp3) is 0.391. The van der Waals surface area contributed by atoms with Crippen LogP contribution in [0.3, 0.4) is 0 Å². The topological polar surface area (TPSA) is 39.3 Å². The summed E-state index contributed by atoms with van der Waals surface area (Å²) in [6.07, 6.45) is 3.18. The maximum Gasteiger partial charge on any atom is 0.0940 e. The van der Waals surface area contributed by atoms with Crippen molar-refractivity contribution < 1.29 is 5.11 Å². The second-order valence-electron chi connectivity index (χ2n) is 7.66. The number of likely N-dealkylation sites (tertiary alicyclic amines) is 1. The first-order valence-corrected chi connectivity index (χ1v) is 9.72. The molecule has 0 radical (unpaired) electrons. The normalized spacial score (nSPS) is 17.6. The maximum absolute atomic E-state index is 10.9. The molecule has 2 N–H and O–H groups in total. The van der Waals surface area contributed by atoms with E-state index in [-0.39, 0.29) is 0 Å². The van der Waals surface area contributed by atoms with Gasteiger partial charge in [0.2, 0.25) is 0 Å². The minimum absolute atomic E-state index is 0.433. The number of nitrogens with one attached hydrogen (secondary N) is 1. The number of benzene rings is 2. The first-order chi connectivity index (χ1) is 12.7. The number of piperidine rings is 1. The van der Waals surface area contributed by atoms with Crippen molar-refractivity contribution in [1.29, 1.82) is 0 Å². The number of aromatic amines is 1. The lowest BCUT2D eigenvalue weighted by atomic mass is 9.90. The summed E-state index contributed by atoms with van der Waals surface area (Å²) >= 11 is 0. The number of aliphatic hydroxyl groups is 1. The molecule has 3 aromatic rings. The second-order valence-corrected chi connectivity index (χ2v) is 7.66. The number of H-pyrrole nitrogens is 1. The van der Waals surface area contributed by atoms with Crippen molar-refractivity contribution in [2.24, 2.45) is 5.92 Å². The van der Waals surface area contributed by atoms with Crippen molar-refractivity contribution in [3.05, 3.63) is 71.4 Å². The number of aliphatic hydroxyl groups excluding tert-OH is 1. The maximum atomic E-state index is 10.9. The molecular weight excluding hydrogens is 320 g/mol. The molecule has 1 aliphatic heterocycles. The summed E-state index contributed by atoms with van der Waals surface area (Å²) in [5.74, 6) is 0.764. The zero-order chi connectivity index (χ0) is 17.9. The molecule has 0 unspecified atom stereocenters. The van der Waals surface area contributed by atoms with Crippen LogP contribution >= 0.6 is 0 Å². The van der Waals surface area contributed by atoms with Crippen LogP contribution in [-0.2, 0) is 6.42 Å². The molecule has 3 heteroatoms. The number of β-amino-alcohol motifs (C(OH)–C–C–N with tert-alkyl or cyclic N) is 1. The summed E-state index contributed by atoms with van der Waals surface area (Å²) in [6, 6.07) is 19.1. The summed E-state index contributed by atoms with van der Waals surface area (Å²) in [4.78, 5) is 5.83. The first kappa shape index (κ1) is 17.3. The SMILES string of the molecule is Cc1[nH]c2ccccc2c1[C@H](O)CN1CCC(Cc2ccccc2)CC1. The van der Waals surface area contributed by atoms with Crippen molar-refractivity contribution in [2.45, 2.75) is 32.3 Å². The lowest BCUT2D eigenvalue weighted by Gasteiger charge is -2.33. The second kappa shape index (κ2) is 7.65. The molecule has 1 atom stereocenters. The quantitative estimate of drug-likeness (QED) is 0.714. The average Bonchev–Trinajstić information content (AvgIpc) is 3.00. The summed E-state index contributed by atoms with van der Waals surface area (Å²) in [7, 11) is 0. The van der Waals surface area contributed by atoms with Crippen molar-refractivity contribution in [2.75, 3.05) is 19.6 Å². The third kappa shape index (κ3) is 3.69.